The summed E-state index contributed by atoms with van der Waals surface area (Å²) in [6.45, 7) is 7.73. The third-order valence-corrected chi connectivity index (χ3v) is 4.91. The first kappa shape index (κ1) is 15.6. The van der Waals surface area contributed by atoms with Crippen molar-refractivity contribution in [1.29, 1.82) is 0 Å². The molecule has 1 saturated heterocycles. The summed E-state index contributed by atoms with van der Waals surface area (Å²) in [6.07, 6.45) is 6.43. The van der Waals surface area contributed by atoms with Gasteiger partial charge in [-0.05, 0) is 30.6 Å². The summed E-state index contributed by atoms with van der Waals surface area (Å²) in [5.74, 6) is 0.279. The monoisotopic (exact) mass is 282 g/mol. The molecule has 2 amide bonds. The number of aliphatic hydroxyl groups excluding tert-OH is 1. The SMILES string of the molecule is CC(C)(C)[C@@H]1CCN(C(=O)NC2CCCCC2)C[C@H]1O. The number of nitrogens with zero attached hydrogens (tertiary/aromatic N) is 1. The van der Waals surface area contributed by atoms with E-state index in [4.69, 9.17) is 0 Å². The van der Waals surface area contributed by atoms with Crippen molar-refractivity contribution in [3.05, 3.63) is 0 Å². The van der Waals surface area contributed by atoms with E-state index in [1.165, 1.54) is 19.3 Å². The van der Waals surface area contributed by atoms with E-state index >= 15 is 0 Å². The number of β-amino-alcohol motifs (C(OH)–C–C–N with tert-alkyl or cyclic N) is 1. The van der Waals surface area contributed by atoms with Gasteiger partial charge in [0.2, 0.25) is 0 Å². The first-order valence-electron chi connectivity index (χ1n) is 8.11. The minimum Gasteiger partial charge on any atom is -0.391 e. The molecule has 0 aromatic carbocycles. The molecule has 2 fully saturated rings. The highest BCUT2D eigenvalue weighted by molar-refractivity contribution is 5.74. The van der Waals surface area contributed by atoms with Crippen LogP contribution < -0.4 is 5.32 Å². The molecule has 20 heavy (non-hydrogen) atoms. The van der Waals surface area contributed by atoms with Crippen LogP contribution in [-0.2, 0) is 0 Å². The van der Waals surface area contributed by atoms with E-state index in [1.807, 2.05) is 0 Å². The van der Waals surface area contributed by atoms with Gasteiger partial charge in [0, 0.05) is 19.1 Å². The number of aliphatic hydroxyl groups is 1. The number of hydrogen-bond donors (Lipinski definition) is 2. The second kappa shape index (κ2) is 6.33. The Kier molecular flexibility index (Phi) is 4.95. The lowest BCUT2D eigenvalue weighted by atomic mass is 9.74. The summed E-state index contributed by atoms with van der Waals surface area (Å²) in [5.41, 5.74) is 0.103. The minimum atomic E-state index is -0.402. The van der Waals surface area contributed by atoms with Crippen molar-refractivity contribution in [3.8, 4) is 0 Å². The fraction of sp³-hybridized carbons (Fsp3) is 0.938. The number of nitrogens with one attached hydrogen (secondary N) is 1. The Hall–Kier alpha value is -0.770. The molecule has 0 aromatic heterocycles. The molecule has 1 aliphatic carbocycles. The molecule has 0 unspecified atom stereocenters. The molecule has 0 spiro atoms. The first-order valence-corrected chi connectivity index (χ1v) is 8.11. The van der Waals surface area contributed by atoms with Crippen molar-refractivity contribution < 1.29 is 9.90 Å². The Balaban J connectivity index is 1.84. The van der Waals surface area contributed by atoms with Crippen molar-refractivity contribution in [2.75, 3.05) is 13.1 Å². The number of carbonyl (C=O) groups excluding carboxylic acids is 1. The van der Waals surface area contributed by atoms with Crippen molar-refractivity contribution in [2.24, 2.45) is 11.3 Å². The topological polar surface area (TPSA) is 52.6 Å². The third kappa shape index (κ3) is 3.87. The highest BCUT2D eigenvalue weighted by Gasteiger charge is 2.37. The average Bonchev–Trinajstić information content (AvgIpc) is 2.38. The van der Waals surface area contributed by atoms with Crippen LogP contribution >= 0.6 is 0 Å². The highest BCUT2D eigenvalue weighted by Crippen LogP contribution is 2.34. The second-order valence-corrected chi connectivity index (χ2v) is 7.56. The molecule has 2 N–H and O–H groups in total. The van der Waals surface area contributed by atoms with Crippen LogP contribution in [0.15, 0.2) is 0 Å². The van der Waals surface area contributed by atoms with E-state index in [-0.39, 0.29) is 17.4 Å². The average molecular weight is 282 g/mol. The smallest absolute Gasteiger partial charge is 0.317 e. The van der Waals surface area contributed by atoms with Gasteiger partial charge in [-0.1, -0.05) is 40.0 Å². The van der Waals surface area contributed by atoms with Crippen LogP contribution in [0.1, 0.15) is 59.3 Å². The summed E-state index contributed by atoms with van der Waals surface area (Å²) in [5, 5.41) is 13.4. The summed E-state index contributed by atoms with van der Waals surface area (Å²) >= 11 is 0. The van der Waals surface area contributed by atoms with E-state index in [0.717, 1.165) is 25.8 Å². The van der Waals surface area contributed by atoms with Gasteiger partial charge in [-0.2, -0.15) is 0 Å². The molecule has 4 heteroatoms. The van der Waals surface area contributed by atoms with Gasteiger partial charge >= 0.3 is 6.03 Å². The maximum Gasteiger partial charge on any atom is 0.317 e. The molecular formula is C16H30N2O2. The lowest BCUT2D eigenvalue weighted by molar-refractivity contribution is -0.0127. The van der Waals surface area contributed by atoms with E-state index in [9.17, 15) is 9.90 Å². The van der Waals surface area contributed by atoms with Gasteiger partial charge in [-0.25, -0.2) is 4.79 Å². The van der Waals surface area contributed by atoms with Crippen LogP contribution in [0.3, 0.4) is 0 Å². The van der Waals surface area contributed by atoms with E-state index in [1.54, 1.807) is 4.90 Å². The predicted molar refractivity (Wildman–Crippen MR) is 80.5 cm³/mol. The fourth-order valence-electron chi connectivity index (χ4n) is 3.64. The van der Waals surface area contributed by atoms with Crippen molar-refractivity contribution >= 4 is 6.03 Å². The third-order valence-electron chi connectivity index (χ3n) is 4.91. The molecule has 2 aliphatic rings. The van der Waals surface area contributed by atoms with Gasteiger partial charge in [-0.15, -0.1) is 0 Å². The van der Waals surface area contributed by atoms with Crippen LogP contribution in [-0.4, -0.2) is 41.3 Å². The van der Waals surface area contributed by atoms with Crippen LogP contribution in [0.2, 0.25) is 0 Å². The van der Waals surface area contributed by atoms with Crippen LogP contribution in [0.25, 0.3) is 0 Å². The molecule has 116 valence electrons. The van der Waals surface area contributed by atoms with E-state index in [0.29, 0.717) is 12.6 Å². The number of piperidine rings is 1. The zero-order valence-corrected chi connectivity index (χ0v) is 13.2. The van der Waals surface area contributed by atoms with Crippen molar-refractivity contribution in [1.82, 2.24) is 10.2 Å². The maximum absolute atomic E-state index is 12.3. The van der Waals surface area contributed by atoms with E-state index in [2.05, 4.69) is 26.1 Å². The summed E-state index contributed by atoms with van der Waals surface area (Å²) in [7, 11) is 0. The lowest BCUT2D eigenvalue weighted by Gasteiger charge is -2.42. The molecule has 1 aliphatic heterocycles. The molecule has 0 bridgehead atoms. The largest absolute Gasteiger partial charge is 0.391 e. The van der Waals surface area contributed by atoms with Gasteiger partial charge in [0.05, 0.1) is 6.10 Å². The quantitative estimate of drug-likeness (QED) is 0.777. The Morgan fingerprint density at radius 1 is 1.15 bits per heavy atom. The van der Waals surface area contributed by atoms with E-state index < -0.39 is 6.10 Å². The molecule has 1 heterocycles. The zero-order valence-electron chi connectivity index (χ0n) is 13.2. The standard InChI is InChI=1S/C16H30N2O2/c1-16(2,3)13-9-10-18(11-14(13)19)15(20)17-12-7-5-4-6-8-12/h12-14,19H,4-11H2,1-3H3,(H,17,20)/t13-,14-/m1/s1. The number of rotatable bonds is 1. The molecule has 2 atom stereocenters. The second-order valence-electron chi connectivity index (χ2n) is 7.56. The molecular weight excluding hydrogens is 252 g/mol. The number of likely N-dealkylation sites (tertiary alicyclic amines) is 1. The van der Waals surface area contributed by atoms with Gasteiger partial charge in [-0.3, -0.25) is 0 Å². The Bertz CT molecular complexity index is 332. The number of hydrogen-bond acceptors (Lipinski definition) is 2. The Morgan fingerprint density at radius 2 is 1.80 bits per heavy atom. The minimum absolute atomic E-state index is 0.0170. The van der Waals surface area contributed by atoms with Gasteiger partial charge < -0.3 is 15.3 Å². The van der Waals surface area contributed by atoms with Crippen molar-refractivity contribution in [2.45, 2.75) is 71.4 Å². The normalized spacial score (nSPS) is 29.3. The number of urea groups is 1. The van der Waals surface area contributed by atoms with Crippen molar-refractivity contribution in [3.63, 3.8) is 0 Å². The van der Waals surface area contributed by atoms with Gasteiger partial charge in [0.25, 0.3) is 0 Å². The number of carbonyl (C=O) groups is 1. The highest BCUT2D eigenvalue weighted by atomic mass is 16.3. The molecule has 2 rings (SSSR count). The zero-order chi connectivity index (χ0) is 14.8. The fourth-order valence-corrected chi connectivity index (χ4v) is 3.64. The summed E-state index contributed by atoms with van der Waals surface area (Å²) < 4.78 is 0. The Labute approximate surface area is 122 Å². The van der Waals surface area contributed by atoms with Crippen LogP contribution in [0.4, 0.5) is 4.79 Å². The molecule has 4 nitrogen and oxygen atoms in total. The van der Waals surface area contributed by atoms with Crippen LogP contribution in [0, 0.1) is 11.3 Å². The number of amides is 2. The Morgan fingerprint density at radius 3 is 2.35 bits per heavy atom. The van der Waals surface area contributed by atoms with Gasteiger partial charge in [0.1, 0.15) is 0 Å². The summed E-state index contributed by atoms with van der Waals surface area (Å²) in [4.78, 5) is 14.1. The maximum atomic E-state index is 12.3. The predicted octanol–water partition coefficient (Wildman–Crippen LogP) is 2.76. The van der Waals surface area contributed by atoms with Gasteiger partial charge in [0.15, 0.2) is 0 Å². The molecule has 1 saturated carbocycles. The molecule has 0 radical (unpaired) electrons. The van der Waals surface area contributed by atoms with Crippen LogP contribution in [0.5, 0.6) is 0 Å². The first-order chi connectivity index (χ1) is 9.38. The summed E-state index contributed by atoms with van der Waals surface area (Å²) in [6, 6.07) is 0.358. The lowest BCUT2D eigenvalue weighted by Crippen LogP contribution is -2.54. The molecule has 0 aromatic rings.